The molecule has 0 saturated carbocycles. The van der Waals surface area contributed by atoms with Gasteiger partial charge in [0.25, 0.3) is 0 Å². The number of fused-ring (bicyclic) bond motifs is 2. The lowest BCUT2D eigenvalue weighted by Gasteiger charge is -2.38. The number of hydrogen-bond donors (Lipinski definition) is 4. The van der Waals surface area contributed by atoms with Gasteiger partial charge in [-0.2, -0.15) is 0 Å². The van der Waals surface area contributed by atoms with Crippen LogP contribution in [0.4, 0.5) is 5.69 Å². The van der Waals surface area contributed by atoms with Crippen LogP contribution in [0, 0.1) is 6.92 Å². The van der Waals surface area contributed by atoms with Gasteiger partial charge < -0.3 is 27.4 Å². The topological polar surface area (TPSA) is 140 Å². The van der Waals surface area contributed by atoms with Gasteiger partial charge in [-0.25, -0.2) is 4.99 Å². The molecule has 1 aliphatic carbocycles. The van der Waals surface area contributed by atoms with Crippen molar-refractivity contribution in [3.05, 3.63) is 106 Å². The van der Waals surface area contributed by atoms with Crippen molar-refractivity contribution in [2.45, 2.75) is 70.4 Å². The first-order valence-electron chi connectivity index (χ1n) is 15.4. The molecule has 8 heteroatoms. The third kappa shape index (κ3) is 6.13. The van der Waals surface area contributed by atoms with E-state index in [2.05, 4.69) is 37.9 Å². The van der Waals surface area contributed by atoms with E-state index in [1.807, 2.05) is 54.3 Å². The lowest BCUT2D eigenvalue weighted by molar-refractivity contribution is -0.130. The van der Waals surface area contributed by atoms with Gasteiger partial charge in [0.2, 0.25) is 11.8 Å². The van der Waals surface area contributed by atoms with Crippen LogP contribution in [-0.4, -0.2) is 47.7 Å². The minimum Gasteiger partial charge on any atom is -0.399 e. The molecule has 3 aromatic rings. The van der Waals surface area contributed by atoms with E-state index < -0.39 is 11.3 Å². The molecule has 2 amide bonds. The Labute approximate surface area is 260 Å². The van der Waals surface area contributed by atoms with E-state index in [1.54, 1.807) is 6.07 Å². The maximum Gasteiger partial charge on any atom is 0.248 e. The molecule has 0 bridgehead atoms. The Kier molecular flexibility index (Phi) is 8.92. The number of hydrogen-bond acceptors (Lipinski definition) is 5. The largest absolute Gasteiger partial charge is 0.399 e. The summed E-state index contributed by atoms with van der Waals surface area (Å²) in [7, 11) is 0. The molecule has 1 heterocycles. The van der Waals surface area contributed by atoms with E-state index >= 15 is 0 Å². The first-order chi connectivity index (χ1) is 21.0. The number of aryl methyl sites for hydroxylation is 3. The number of amidine groups is 1. The molecule has 8 nitrogen and oxygen atoms in total. The Morgan fingerprint density at radius 2 is 1.61 bits per heavy atom. The number of aliphatic imine (C=N–C) groups is 1. The van der Waals surface area contributed by atoms with Crippen LogP contribution in [0.1, 0.15) is 76.8 Å². The fraction of sp³-hybridized carbons (Fsp3) is 0.361. The summed E-state index contributed by atoms with van der Waals surface area (Å²) in [4.78, 5) is 32.4. The molecule has 5 rings (SSSR count). The number of carbonyl (C=O) groups excluding carboxylic acids is 2. The Morgan fingerprint density at radius 1 is 1.00 bits per heavy atom. The Balaban J connectivity index is 1.66. The zero-order valence-electron chi connectivity index (χ0n) is 26.0. The molecule has 3 atom stereocenters. The van der Waals surface area contributed by atoms with Gasteiger partial charge in [0, 0.05) is 29.9 Å². The van der Waals surface area contributed by atoms with Crippen LogP contribution in [0.25, 0.3) is 5.70 Å². The molecule has 44 heavy (non-hydrogen) atoms. The third-order valence-electron chi connectivity index (χ3n) is 9.26. The molecule has 7 N–H and O–H groups in total. The van der Waals surface area contributed by atoms with E-state index in [1.165, 1.54) is 0 Å². The van der Waals surface area contributed by atoms with Gasteiger partial charge in [-0.3, -0.25) is 9.59 Å². The van der Waals surface area contributed by atoms with Crippen LogP contribution >= 0.6 is 0 Å². The monoisotopic (exact) mass is 592 g/mol. The standard InChI is InChI=1S/C36H44N6O2/c1-22-7-13-30(14-8-22)41-35(39)36(20-23(2)40-21-33(43)42-17-5-6-24(42)3)31-15-11-26(25(4)37)18-27(31)9-10-28-19-29(34(38)44)12-16-32(28)36/h7-8,11-16,18-19,23-24,40H,4-6,9-10,17,20-21,37H2,1-3H3,(H2,38,44)(H2,39,41)/t23-,24?,36?/m0/s1. The smallest absolute Gasteiger partial charge is 0.248 e. The maximum atomic E-state index is 13.1. The second-order valence-corrected chi connectivity index (χ2v) is 12.4. The highest BCUT2D eigenvalue weighted by atomic mass is 16.2. The number of carbonyl (C=O) groups is 2. The van der Waals surface area contributed by atoms with Gasteiger partial charge in [0.05, 0.1) is 17.6 Å². The molecule has 0 radical (unpaired) electrons. The lowest BCUT2D eigenvalue weighted by Crippen LogP contribution is -2.49. The van der Waals surface area contributed by atoms with Crippen molar-refractivity contribution in [2.24, 2.45) is 22.2 Å². The molecular weight excluding hydrogens is 548 g/mol. The first kappa shape index (κ1) is 31.0. The highest BCUT2D eigenvalue weighted by molar-refractivity contribution is 5.99. The van der Waals surface area contributed by atoms with Gasteiger partial charge in [-0.15, -0.1) is 0 Å². The fourth-order valence-corrected chi connectivity index (χ4v) is 6.85. The predicted octanol–water partition coefficient (Wildman–Crippen LogP) is 4.48. The second-order valence-electron chi connectivity index (χ2n) is 12.4. The van der Waals surface area contributed by atoms with Crippen molar-refractivity contribution in [3.8, 4) is 0 Å². The van der Waals surface area contributed by atoms with Crippen molar-refractivity contribution >= 4 is 29.0 Å². The van der Waals surface area contributed by atoms with E-state index in [0.717, 1.165) is 58.5 Å². The molecule has 0 aromatic heterocycles. The van der Waals surface area contributed by atoms with Crippen molar-refractivity contribution in [2.75, 3.05) is 13.1 Å². The van der Waals surface area contributed by atoms with Crippen molar-refractivity contribution in [1.82, 2.24) is 10.2 Å². The lowest BCUT2D eigenvalue weighted by atomic mass is 9.67. The number of nitrogens with one attached hydrogen (secondary N) is 1. The highest BCUT2D eigenvalue weighted by Gasteiger charge is 2.44. The van der Waals surface area contributed by atoms with E-state index in [4.69, 9.17) is 22.2 Å². The molecular formula is C36H44N6O2. The molecule has 1 fully saturated rings. The summed E-state index contributed by atoms with van der Waals surface area (Å²) in [5.41, 5.74) is 25.9. The minimum absolute atomic E-state index is 0.107. The molecule has 2 unspecified atom stereocenters. The van der Waals surface area contributed by atoms with Crippen LogP contribution in [-0.2, 0) is 23.1 Å². The van der Waals surface area contributed by atoms with Crippen LogP contribution in [0.5, 0.6) is 0 Å². The number of likely N-dealkylation sites (tertiary alicyclic amines) is 1. The van der Waals surface area contributed by atoms with Gasteiger partial charge in [0.1, 0.15) is 5.84 Å². The molecule has 1 aliphatic heterocycles. The summed E-state index contributed by atoms with van der Waals surface area (Å²) in [6.45, 7) is 11.2. The van der Waals surface area contributed by atoms with Gasteiger partial charge in [-0.1, -0.05) is 42.5 Å². The van der Waals surface area contributed by atoms with Crippen molar-refractivity contribution in [3.63, 3.8) is 0 Å². The molecule has 2 aliphatic rings. The van der Waals surface area contributed by atoms with Gasteiger partial charge in [-0.05, 0) is 111 Å². The summed E-state index contributed by atoms with van der Waals surface area (Å²) >= 11 is 0. The summed E-state index contributed by atoms with van der Waals surface area (Å²) < 4.78 is 0. The minimum atomic E-state index is -0.882. The molecule has 230 valence electrons. The van der Waals surface area contributed by atoms with Crippen LogP contribution in [0.15, 0.2) is 72.2 Å². The van der Waals surface area contributed by atoms with E-state index in [-0.39, 0.29) is 24.5 Å². The summed E-state index contributed by atoms with van der Waals surface area (Å²) in [5, 5.41) is 3.51. The Bertz CT molecular complexity index is 1540. The number of primary amides is 1. The van der Waals surface area contributed by atoms with Crippen LogP contribution in [0.2, 0.25) is 0 Å². The number of amides is 2. The molecule has 0 spiro atoms. The summed E-state index contributed by atoms with van der Waals surface area (Å²) in [6.07, 6.45) is 3.98. The van der Waals surface area contributed by atoms with E-state index in [9.17, 15) is 9.59 Å². The number of nitrogens with two attached hydrogens (primary N) is 3. The van der Waals surface area contributed by atoms with Crippen molar-refractivity contribution < 1.29 is 9.59 Å². The van der Waals surface area contributed by atoms with Gasteiger partial charge >= 0.3 is 0 Å². The highest BCUT2D eigenvalue weighted by Crippen LogP contribution is 2.45. The van der Waals surface area contributed by atoms with Gasteiger partial charge in [0.15, 0.2) is 0 Å². The molecule has 3 aromatic carbocycles. The van der Waals surface area contributed by atoms with Crippen molar-refractivity contribution in [1.29, 1.82) is 0 Å². The van der Waals surface area contributed by atoms with E-state index in [0.29, 0.717) is 36.4 Å². The molecule has 1 saturated heterocycles. The predicted molar refractivity (Wildman–Crippen MR) is 178 cm³/mol. The average molecular weight is 593 g/mol. The fourth-order valence-electron chi connectivity index (χ4n) is 6.85. The van der Waals surface area contributed by atoms with Crippen LogP contribution < -0.4 is 22.5 Å². The average Bonchev–Trinajstić information content (AvgIpc) is 3.38. The summed E-state index contributed by atoms with van der Waals surface area (Å²) in [6, 6.07) is 19.9. The quantitative estimate of drug-likeness (QED) is 0.214. The Hall–Kier alpha value is -4.43. The van der Waals surface area contributed by atoms with Crippen LogP contribution in [0.3, 0.4) is 0 Å². The number of nitrogens with zero attached hydrogens (tertiary/aromatic N) is 2. The first-order valence-corrected chi connectivity index (χ1v) is 15.4. The normalized spacial score (nSPS) is 20.4. The SMILES string of the molecule is C=C(N)c1ccc2c(c1)CCc1cc(C(N)=O)ccc1C2(C[C@H](C)NCC(=O)N1CCCC1C)C(N)=Nc1ccc(C)cc1. The zero-order chi connectivity index (χ0) is 31.6. The second kappa shape index (κ2) is 12.7. The number of rotatable bonds is 9. The third-order valence-corrected chi connectivity index (χ3v) is 9.26. The number of benzene rings is 3. The zero-order valence-corrected chi connectivity index (χ0v) is 26.0. The maximum absolute atomic E-state index is 13.1. The summed E-state index contributed by atoms with van der Waals surface area (Å²) in [5.74, 6) is 0.0639. The Morgan fingerprint density at radius 3 is 2.18 bits per heavy atom.